The van der Waals surface area contributed by atoms with Crippen LogP contribution in [0.4, 0.5) is 0 Å². The van der Waals surface area contributed by atoms with E-state index in [2.05, 4.69) is 10.9 Å². The Labute approximate surface area is 135 Å². The van der Waals surface area contributed by atoms with Crippen LogP contribution in [0, 0.1) is 0 Å². The van der Waals surface area contributed by atoms with Crippen LogP contribution in [0.15, 0.2) is 12.1 Å². The van der Waals surface area contributed by atoms with E-state index in [-0.39, 0.29) is 5.91 Å². The van der Waals surface area contributed by atoms with Gasteiger partial charge < -0.3 is 19.3 Å². The second kappa shape index (κ2) is 7.16. The van der Waals surface area contributed by atoms with Gasteiger partial charge in [-0.15, -0.1) is 0 Å². The molecule has 1 unspecified atom stereocenters. The van der Waals surface area contributed by atoms with E-state index in [0.717, 1.165) is 5.56 Å². The molecular weight excluding hydrogens is 300 g/mol. The van der Waals surface area contributed by atoms with Crippen molar-refractivity contribution >= 4 is 5.91 Å². The summed E-state index contributed by atoms with van der Waals surface area (Å²) in [7, 11) is 0. The lowest BCUT2D eigenvalue weighted by Gasteiger charge is -2.25. The van der Waals surface area contributed by atoms with Crippen molar-refractivity contribution in [3.63, 3.8) is 0 Å². The lowest BCUT2D eigenvalue weighted by Crippen LogP contribution is -2.48. The minimum Gasteiger partial charge on any atom is -0.486 e. The third-order valence-electron chi connectivity index (χ3n) is 3.18. The van der Waals surface area contributed by atoms with Crippen molar-refractivity contribution in [2.24, 2.45) is 0 Å². The molecule has 0 saturated carbocycles. The minimum absolute atomic E-state index is 0.379. The highest BCUT2D eigenvalue weighted by molar-refractivity contribution is 5.96. The summed E-state index contributed by atoms with van der Waals surface area (Å²) in [6.07, 6.45) is -0.683. The van der Waals surface area contributed by atoms with E-state index in [1.807, 2.05) is 6.92 Å². The second-order valence-corrected chi connectivity index (χ2v) is 6.15. The molecule has 0 fully saturated rings. The zero-order valence-corrected chi connectivity index (χ0v) is 13.9. The smallest absolute Gasteiger partial charge is 0.265 e. The van der Waals surface area contributed by atoms with Gasteiger partial charge in [-0.25, -0.2) is 0 Å². The molecule has 1 aromatic carbocycles. The number of carbonyl (C=O) groups is 1. The number of hydrogen-bond donors (Lipinski definition) is 3. The van der Waals surface area contributed by atoms with E-state index < -0.39 is 12.0 Å². The van der Waals surface area contributed by atoms with Crippen molar-refractivity contribution in [2.45, 2.75) is 46.1 Å². The summed E-state index contributed by atoms with van der Waals surface area (Å²) in [6, 6.07) is 3.39. The Bertz CT molecular complexity index is 568. The Kier molecular flexibility index (Phi) is 5.46. The van der Waals surface area contributed by atoms with Crippen LogP contribution >= 0.6 is 0 Å². The van der Waals surface area contributed by atoms with Gasteiger partial charge in [-0.3, -0.25) is 10.2 Å². The quantitative estimate of drug-likeness (QED) is 0.559. The predicted molar refractivity (Wildman–Crippen MR) is 84.3 cm³/mol. The van der Waals surface area contributed by atoms with Gasteiger partial charge >= 0.3 is 0 Å². The number of hydrogen-bond acceptors (Lipinski definition) is 6. The molecular formula is C16H24N2O5. The summed E-state index contributed by atoms with van der Waals surface area (Å²) in [4.78, 5) is 12.3. The number of hydrazine groups is 1. The molecule has 1 aromatic rings. The molecule has 1 aliphatic heterocycles. The largest absolute Gasteiger partial charge is 0.486 e. The highest BCUT2D eigenvalue weighted by atomic mass is 16.6. The number of aliphatic hydroxyl groups excluding tert-OH is 1. The van der Waals surface area contributed by atoms with E-state index in [0.29, 0.717) is 36.7 Å². The molecule has 3 N–H and O–H groups in total. The maximum Gasteiger partial charge on any atom is 0.265 e. The fraction of sp³-hybridized carbons (Fsp3) is 0.562. The molecule has 1 aliphatic rings. The van der Waals surface area contributed by atoms with Crippen LogP contribution in [-0.4, -0.2) is 36.2 Å². The fourth-order valence-electron chi connectivity index (χ4n) is 2.30. The molecule has 0 aromatic heterocycles. The van der Waals surface area contributed by atoms with Gasteiger partial charge in [0.15, 0.2) is 11.5 Å². The molecule has 0 saturated heterocycles. The summed E-state index contributed by atoms with van der Waals surface area (Å²) in [5.74, 6) is 0.877. The number of nitrogens with one attached hydrogen (secondary N) is 2. The number of fused-ring (bicyclic) bond motifs is 1. The highest BCUT2D eigenvalue weighted by Gasteiger charge is 2.22. The van der Waals surface area contributed by atoms with E-state index >= 15 is 0 Å². The number of aliphatic hydroxyl groups is 1. The number of amides is 1. The lowest BCUT2D eigenvalue weighted by molar-refractivity contribution is -0.185. The average Bonchev–Trinajstić information content (AvgIpc) is 2.49. The molecule has 23 heavy (non-hydrogen) atoms. The van der Waals surface area contributed by atoms with Gasteiger partial charge in [-0.2, -0.15) is 5.43 Å². The molecule has 0 radical (unpaired) electrons. The van der Waals surface area contributed by atoms with Crippen LogP contribution in [0.5, 0.6) is 11.5 Å². The topological polar surface area (TPSA) is 89.1 Å². The molecule has 1 heterocycles. The third-order valence-corrected chi connectivity index (χ3v) is 3.18. The van der Waals surface area contributed by atoms with Gasteiger partial charge in [0.1, 0.15) is 13.2 Å². The Morgan fingerprint density at radius 3 is 2.70 bits per heavy atom. The average molecular weight is 324 g/mol. The monoisotopic (exact) mass is 324 g/mol. The predicted octanol–water partition coefficient (Wildman–Crippen LogP) is 1.35. The molecule has 128 valence electrons. The van der Waals surface area contributed by atoms with Crippen molar-refractivity contribution in [3.05, 3.63) is 23.3 Å². The third kappa shape index (κ3) is 4.57. The van der Waals surface area contributed by atoms with Crippen LogP contribution in [0.1, 0.15) is 43.6 Å². The van der Waals surface area contributed by atoms with Crippen LogP contribution in [-0.2, 0) is 11.2 Å². The molecule has 0 bridgehead atoms. The van der Waals surface area contributed by atoms with Crippen LogP contribution in [0.3, 0.4) is 0 Å². The highest BCUT2D eigenvalue weighted by Crippen LogP contribution is 2.36. The van der Waals surface area contributed by atoms with E-state index in [1.165, 1.54) is 0 Å². The lowest BCUT2D eigenvalue weighted by atomic mass is 10.0. The Hall–Kier alpha value is -1.83. The standard InChI is InChI=1S/C16H24N2O5/c1-5-10-11(6-7-12-13(10)22-9-8-21-12)14(19)17-18-15(20)23-16(2,3)4/h6-7,15,18,20H,5,8-9H2,1-4H3,(H,17,19). The zero-order valence-electron chi connectivity index (χ0n) is 13.9. The van der Waals surface area contributed by atoms with Crippen molar-refractivity contribution in [1.29, 1.82) is 0 Å². The first-order chi connectivity index (χ1) is 10.8. The van der Waals surface area contributed by atoms with Gasteiger partial charge in [-0.1, -0.05) is 6.92 Å². The first-order valence-corrected chi connectivity index (χ1v) is 7.65. The first-order valence-electron chi connectivity index (χ1n) is 7.65. The summed E-state index contributed by atoms with van der Waals surface area (Å²) in [6.45, 7) is 8.30. The molecule has 2 rings (SSSR count). The summed E-state index contributed by atoms with van der Waals surface area (Å²) in [5.41, 5.74) is 5.57. The Balaban J connectivity index is 2.07. The first kappa shape index (κ1) is 17.5. The SMILES string of the molecule is CCc1c(C(=O)NNC(O)OC(C)(C)C)ccc2c1OCCO2. The van der Waals surface area contributed by atoms with Gasteiger partial charge in [0.05, 0.1) is 5.60 Å². The molecule has 7 nitrogen and oxygen atoms in total. The Morgan fingerprint density at radius 2 is 2.04 bits per heavy atom. The fourth-order valence-corrected chi connectivity index (χ4v) is 2.30. The molecule has 1 amide bonds. The zero-order chi connectivity index (χ0) is 17.0. The number of benzene rings is 1. The maximum atomic E-state index is 12.3. The van der Waals surface area contributed by atoms with E-state index in [4.69, 9.17) is 14.2 Å². The number of carbonyl (C=O) groups excluding carboxylic acids is 1. The van der Waals surface area contributed by atoms with Gasteiger partial charge in [0.2, 0.25) is 6.41 Å². The van der Waals surface area contributed by atoms with Crippen molar-refractivity contribution in [3.8, 4) is 11.5 Å². The number of ether oxygens (including phenoxy) is 3. The second-order valence-electron chi connectivity index (χ2n) is 6.15. The van der Waals surface area contributed by atoms with Gasteiger partial charge in [-0.05, 0) is 39.3 Å². The summed E-state index contributed by atoms with van der Waals surface area (Å²) >= 11 is 0. The van der Waals surface area contributed by atoms with Crippen LogP contribution < -0.4 is 20.3 Å². The van der Waals surface area contributed by atoms with E-state index in [9.17, 15) is 9.90 Å². The van der Waals surface area contributed by atoms with Crippen LogP contribution in [0.2, 0.25) is 0 Å². The summed E-state index contributed by atoms with van der Waals surface area (Å²) in [5, 5.41) is 9.71. The van der Waals surface area contributed by atoms with Gasteiger partial charge in [0, 0.05) is 11.1 Å². The number of rotatable bonds is 5. The Morgan fingerprint density at radius 1 is 1.35 bits per heavy atom. The van der Waals surface area contributed by atoms with Gasteiger partial charge in [0.25, 0.3) is 5.91 Å². The summed E-state index contributed by atoms with van der Waals surface area (Å²) < 4.78 is 16.4. The van der Waals surface area contributed by atoms with Crippen LogP contribution in [0.25, 0.3) is 0 Å². The molecule has 7 heteroatoms. The van der Waals surface area contributed by atoms with Crippen molar-refractivity contribution in [1.82, 2.24) is 10.9 Å². The molecule has 1 atom stereocenters. The van der Waals surface area contributed by atoms with E-state index in [1.54, 1.807) is 32.9 Å². The minimum atomic E-state index is -1.30. The maximum absolute atomic E-state index is 12.3. The van der Waals surface area contributed by atoms with Crippen molar-refractivity contribution < 1.29 is 24.1 Å². The molecule has 0 spiro atoms. The normalized spacial score (nSPS) is 15.2. The molecule has 0 aliphatic carbocycles. The van der Waals surface area contributed by atoms with Crippen molar-refractivity contribution in [2.75, 3.05) is 13.2 Å².